The molecule has 0 amide bonds. The van der Waals surface area contributed by atoms with Crippen LogP contribution >= 0.6 is 0 Å². The molecule has 1 saturated carbocycles. The molecule has 2 fully saturated rings. The number of likely N-dealkylation sites (tertiary alicyclic amines) is 1. The molecule has 0 spiro atoms. The maximum absolute atomic E-state index is 5.89. The molecular weight excluding hydrogens is 172 g/mol. The predicted octanol–water partition coefficient (Wildman–Crippen LogP) is 1.84. The van der Waals surface area contributed by atoms with E-state index >= 15 is 0 Å². The lowest BCUT2D eigenvalue weighted by molar-refractivity contribution is 0.136. The van der Waals surface area contributed by atoms with Crippen LogP contribution in [0.25, 0.3) is 0 Å². The molecule has 2 N–H and O–H groups in total. The van der Waals surface area contributed by atoms with Gasteiger partial charge < -0.3 is 5.73 Å². The quantitative estimate of drug-likeness (QED) is 0.743. The fourth-order valence-corrected chi connectivity index (χ4v) is 3.32. The zero-order valence-corrected chi connectivity index (χ0v) is 9.58. The molecule has 2 nitrogen and oxygen atoms in total. The Hall–Kier alpha value is -0.0800. The van der Waals surface area contributed by atoms with Crippen molar-refractivity contribution < 1.29 is 0 Å². The van der Waals surface area contributed by atoms with E-state index in [0.29, 0.717) is 6.04 Å². The lowest BCUT2D eigenvalue weighted by atomic mass is 10.00. The summed E-state index contributed by atoms with van der Waals surface area (Å²) in [5.74, 6) is 1.78. The van der Waals surface area contributed by atoms with Crippen molar-refractivity contribution in [1.29, 1.82) is 0 Å². The van der Waals surface area contributed by atoms with E-state index in [-0.39, 0.29) is 0 Å². The van der Waals surface area contributed by atoms with Crippen LogP contribution < -0.4 is 5.73 Å². The van der Waals surface area contributed by atoms with Gasteiger partial charge in [-0.05, 0) is 37.5 Å². The van der Waals surface area contributed by atoms with E-state index in [4.69, 9.17) is 5.73 Å². The Morgan fingerprint density at radius 2 is 2.14 bits per heavy atom. The van der Waals surface area contributed by atoms with Crippen LogP contribution in [-0.2, 0) is 0 Å². The molecule has 0 aromatic carbocycles. The topological polar surface area (TPSA) is 29.3 Å². The van der Waals surface area contributed by atoms with E-state index in [1.165, 1.54) is 32.2 Å². The van der Waals surface area contributed by atoms with E-state index in [9.17, 15) is 0 Å². The van der Waals surface area contributed by atoms with Crippen molar-refractivity contribution in [2.45, 2.75) is 51.6 Å². The van der Waals surface area contributed by atoms with Crippen LogP contribution in [0.15, 0.2) is 0 Å². The molecule has 3 unspecified atom stereocenters. The Morgan fingerprint density at radius 3 is 2.57 bits per heavy atom. The molecular formula is C12H24N2. The SMILES string of the molecule is CC(C)CC(CN)N1CC2CCC1C2. The first kappa shape index (κ1) is 10.4. The second kappa shape index (κ2) is 4.19. The molecule has 0 radical (unpaired) electrons. The minimum absolute atomic E-state index is 0.658. The number of hydrogen-bond acceptors (Lipinski definition) is 2. The minimum atomic E-state index is 0.658. The largest absolute Gasteiger partial charge is 0.329 e. The van der Waals surface area contributed by atoms with Gasteiger partial charge in [0, 0.05) is 25.2 Å². The maximum Gasteiger partial charge on any atom is 0.0223 e. The lowest BCUT2D eigenvalue weighted by Crippen LogP contribution is -2.45. The Labute approximate surface area is 87.8 Å². The summed E-state index contributed by atoms with van der Waals surface area (Å²) >= 11 is 0. The van der Waals surface area contributed by atoms with E-state index in [2.05, 4.69) is 18.7 Å². The van der Waals surface area contributed by atoms with Crippen LogP contribution in [0.2, 0.25) is 0 Å². The fourth-order valence-electron chi connectivity index (χ4n) is 3.32. The van der Waals surface area contributed by atoms with Crippen LogP contribution in [0, 0.1) is 11.8 Å². The minimum Gasteiger partial charge on any atom is -0.329 e. The summed E-state index contributed by atoms with van der Waals surface area (Å²) in [4.78, 5) is 2.70. The second-order valence-corrected chi connectivity index (χ2v) is 5.55. The van der Waals surface area contributed by atoms with Gasteiger partial charge in [-0.3, -0.25) is 4.90 Å². The Bertz CT molecular complexity index is 191. The summed E-state index contributed by atoms with van der Waals surface area (Å²) in [6, 6.07) is 1.54. The molecule has 1 heterocycles. The summed E-state index contributed by atoms with van der Waals surface area (Å²) in [6.45, 7) is 6.79. The van der Waals surface area contributed by atoms with Gasteiger partial charge in [0.1, 0.15) is 0 Å². The highest BCUT2D eigenvalue weighted by molar-refractivity contribution is 4.95. The van der Waals surface area contributed by atoms with Gasteiger partial charge in [0.05, 0.1) is 0 Å². The summed E-state index contributed by atoms with van der Waals surface area (Å²) in [7, 11) is 0. The standard InChI is InChI=1S/C12H24N2/c1-9(2)5-12(7-13)14-8-10-3-4-11(14)6-10/h9-12H,3-8,13H2,1-2H3. The van der Waals surface area contributed by atoms with Crippen LogP contribution in [-0.4, -0.2) is 30.1 Å². The smallest absolute Gasteiger partial charge is 0.0223 e. The predicted molar refractivity (Wildman–Crippen MR) is 60.1 cm³/mol. The molecule has 1 aliphatic heterocycles. The molecule has 14 heavy (non-hydrogen) atoms. The molecule has 82 valence electrons. The highest BCUT2D eigenvalue weighted by Gasteiger charge is 2.40. The molecule has 0 aromatic heterocycles. The first-order valence-electron chi connectivity index (χ1n) is 6.16. The monoisotopic (exact) mass is 196 g/mol. The molecule has 1 aliphatic carbocycles. The van der Waals surface area contributed by atoms with Crippen molar-refractivity contribution in [1.82, 2.24) is 4.90 Å². The number of hydrogen-bond donors (Lipinski definition) is 1. The third-order valence-corrected chi connectivity index (χ3v) is 3.94. The Kier molecular flexibility index (Phi) is 3.13. The van der Waals surface area contributed by atoms with Crippen LogP contribution in [0.1, 0.15) is 39.5 Å². The molecule has 0 aromatic rings. The third-order valence-electron chi connectivity index (χ3n) is 3.94. The maximum atomic E-state index is 5.89. The van der Waals surface area contributed by atoms with Crippen molar-refractivity contribution >= 4 is 0 Å². The highest BCUT2D eigenvalue weighted by atomic mass is 15.2. The lowest BCUT2D eigenvalue weighted by Gasteiger charge is -2.35. The van der Waals surface area contributed by atoms with Gasteiger partial charge in [0.25, 0.3) is 0 Å². The third kappa shape index (κ3) is 1.96. The number of nitrogens with two attached hydrogens (primary N) is 1. The van der Waals surface area contributed by atoms with Crippen LogP contribution in [0.4, 0.5) is 0 Å². The number of piperidine rings is 1. The highest BCUT2D eigenvalue weighted by Crippen LogP contribution is 2.39. The van der Waals surface area contributed by atoms with Gasteiger partial charge in [-0.25, -0.2) is 0 Å². The summed E-state index contributed by atoms with van der Waals surface area (Å²) in [5.41, 5.74) is 5.89. The summed E-state index contributed by atoms with van der Waals surface area (Å²) in [5, 5.41) is 0. The molecule has 3 atom stereocenters. The van der Waals surface area contributed by atoms with E-state index < -0.39 is 0 Å². The first-order chi connectivity index (χ1) is 6.70. The fraction of sp³-hybridized carbons (Fsp3) is 1.00. The number of rotatable bonds is 4. The number of fused-ring (bicyclic) bond motifs is 2. The second-order valence-electron chi connectivity index (χ2n) is 5.55. The molecule has 2 aliphatic rings. The van der Waals surface area contributed by atoms with Crippen molar-refractivity contribution in [2.24, 2.45) is 17.6 Å². The van der Waals surface area contributed by atoms with E-state index in [1.54, 1.807) is 0 Å². The molecule has 1 saturated heterocycles. The van der Waals surface area contributed by atoms with Crippen LogP contribution in [0.3, 0.4) is 0 Å². The van der Waals surface area contributed by atoms with Gasteiger partial charge in [-0.15, -0.1) is 0 Å². The number of nitrogens with zero attached hydrogens (tertiary/aromatic N) is 1. The summed E-state index contributed by atoms with van der Waals surface area (Å²) < 4.78 is 0. The van der Waals surface area contributed by atoms with E-state index in [1.807, 2.05) is 0 Å². The molecule has 2 bridgehead atoms. The van der Waals surface area contributed by atoms with Gasteiger partial charge in [-0.2, -0.15) is 0 Å². The zero-order chi connectivity index (χ0) is 10.1. The Morgan fingerprint density at radius 1 is 1.36 bits per heavy atom. The molecule has 2 heteroatoms. The van der Waals surface area contributed by atoms with Gasteiger partial charge in [0.15, 0.2) is 0 Å². The zero-order valence-electron chi connectivity index (χ0n) is 9.58. The van der Waals surface area contributed by atoms with Crippen molar-refractivity contribution in [3.05, 3.63) is 0 Å². The van der Waals surface area contributed by atoms with Gasteiger partial charge in [-0.1, -0.05) is 13.8 Å². The summed E-state index contributed by atoms with van der Waals surface area (Å²) in [6.07, 6.45) is 5.63. The van der Waals surface area contributed by atoms with Gasteiger partial charge in [0.2, 0.25) is 0 Å². The van der Waals surface area contributed by atoms with Crippen molar-refractivity contribution in [3.63, 3.8) is 0 Å². The normalized spacial score (nSPS) is 34.3. The van der Waals surface area contributed by atoms with Crippen molar-refractivity contribution in [3.8, 4) is 0 Å². The van der Waals surface area contributed by atoms with Gasteiger partial charge >= 0.3 is 0 Å². The average molecular weight is 196 g/mol. The van der Waals surface area contributed by atoms with Crippen molar-refractivity contribution in [2.75, 3.05) is 13.1 Å². The Balaban J connectivity index is 1.92. The molecule has 2 rings (SSSR count). The van der Waals surface area contributed by atoms with E-state index in [0.717, 1.165) is 24.4 Å². The first-order valence-corrected chi connectivity index (χ1v) is 6.16. The average Bonchev–Trinajstić information content (AvgIpc) is 2.74. The van der Waals surface area contributed by atoms with Crippen LogP contribution in [0.5, 0.6) is 0 Å².